The zero-order chi connectivity index (χ0) is 85.3. The van der Waals surface area contributed by atoms with Gasteiger partial charge in [-0.3, -0.25) is 23.4 Å². The SMILES string of the molecule is CC(C)N1C2=CC(=NC(=O)CCCCOP(Oc3ccc(C(C)(C)C)cc3C(C)(C)C)Oc3ccc(C(C)(C)C)cc3C(C)(C)C)/C(=C3/C(=O)C(c4cc5c(cc4NC(=O)CCCCOP(Oc4ccc(C(C)(C)C)cc4C(C)(C)C)Oc4ccc(C(C)(C)C)cc4C(C)(C)C)N(C(C)C)C(C)C5(C)C)=C3O)C=C2C(C)(C)C1C. The number of unbranched alkanes of at least 4 members (excludes halogenated alkanes) is 2. The van der Waals surface area contributed by atoms with Crippen LogP contribution in [0, 0.1) is 5.41 Å². The van der Waals surface area contributed by atoms with Crippen LogP contribution in [0.3, 0.4) is 0 Å². The molecule has 0 saturated carbocycles. The highest BCUT2D eigenvalue weighted by Gasteiger charge is 2.50. The predicted molar refractivity (Wildman–Crippen MR) is 477 cm³/mol. The summed E-state index contributed by atoms with van der Waals surface area (Å²) in [5.74, 6) is 1.53. The second kappa shape index (κ2) is 33.4. The average molecular weight is 1600 g/mol. The topological polar surface area (TPSA) is 158 Å². The number of amides is 2. The second-order valence-electron chi connectivity index (χ2n) is 42.3. The van der Waals surface area contributed by atoms with Gasteiger partial charge in [0.1, 0.15) is 28.8 Å². The molecule has 2 aliphatic heterocycles. The van der Waals surface area contributed by atoms with Crippen LogP contribution in [-0.4, -0.2) is 70.7 Å². The Morgan fingerprint density at radius 1 is 0.482 bits per heavy atom. The van der Waals surface area contributed by atoms with Crippen LogP contribution in [0.2, 0.25) is 0 Å². The molecule has 0 bridgehead atoms. The Labute approximate surface area is 689 Å². The number of anilines is 2. The molecule has 114 heavy (non-hydrogen) atoms. The van der Waals surface area contributed by atoms with E-state index in [0.717, 1.165) is 44.8 Å². The lowest BCUT2D eigenvalue weighted by Gasteiger charge is -2.34. The summed E-state index contributed by atoms with van der Waals surface area (Å²) in [6.07, 6.45) is 6.04. The molecule has 16 heteroatoms. The number of hydrogen-bond acceptors (Lipinski definition) is 12. The maximum Gasteiger partial charge on any atom is 0.463 e. The van der Waals surface area contributed by atoms with Crippen molar-refractivity contribution in [3.8, 4) is 23.0 Å². The number of carbonyl (C=O) groups excluding carboxylic acids is 3. The number of nitrogens with one attached hydrogen (secondary N) is 1. The van der Waals surface area contributed by atoms with Gasteiger partial charge in [0.05, 0.1) is 35.8 Å². The molecular formula is C98H140N4O10P2. The van der Waals surface area contributed by atoms with E-state index in [2.05, 4.69) is 299 Å². The number of carbonyl (C=O) groups is 3. The smallest absolute Gasteiger partial charge is 0.463 e. The summed E-state index contributed by atoms with van der Waals surface area (Å²) in [5, 5.41) is 16.1. The van der Waals surface area contributed by atoms with Crippen molar-refractivity contribution < 1.29 is 46.6 Å². The second-order valence-corrected chi connectivity index (χ2v) is 44.5. The van der Waals surface area contributed by atoms with Crippen molar-refractivity contribution in [3.05, 3.63) is 181 Å². The molecule has 1 saturated heterocycles. The number of rotatable bonds is 24. The molecule has 1 fully saturated rings. The van der Waals surface area contributed by atoms with Crippen molar-refractivity contribution in [2.45, 2.75) is 347 Å². The molecule has 2 heterocycles. The molecule has 4 aliphatic rings. The van der Waals surface area contributed by atoms with Crippen LogP contribution < -0.4 is 28.3 Å². The van der Waals surface area contributed by atoms with E-state index < -0.39 is 28.4 Å². The lowest BCUT2D eigenvalue weighted by Crippen LogP contribution is -2.42. The zero-order valence-corrected chi connectivity index (χ0v) is 77.9. The van der Waals surface area contributed by atoms with E-state index >= 15 is 4.79 Å². The standard InChI is InChI=1S/C98H140N4O10P2/c1-59(2)101-61(5)97(31,32)69-55-67(75(57-77(69)101)99-83(103)39-35-37-49-107-113(109-79-45-41-63(89(7,8)9)51-71(79)93(19,20)21)110-80-46-42-64(90(10,11)12)52-72(80)94(22,23)24)85-87(105)86(88(85)106)68-56-70-78(102(60(3)4)62(6)98(70,33)34)58-76(68)100-84(104)40-36-38-50-108-114(111-81-47-43-65(91(13,14)15)53-73(81)95(25,26)27)112-82-48-44-66(92(16,17)18)54-74(82)96(28,29)30/h41-48,51-62,105H,35-40,49-50H2,1-34H3,(H,99,103)/b86-68+,100-76?. The number of hydrogen-bond donors (Lipinski definition) is 2. The van der Waals surface area contributed by atoms with Crippen LogP contribution in [0.1, 0.15) is 330 Å². The summed E-state index contributed by atoms with van der Waals surface area (Å²) in [5.41, 5.74) is 12.4. The van der Waals surface area contributed by atoms with E-state index in [1.807, 2.05) is 48.6 Å². The number of aliphatic hydroxyl groups excluding tert-OH is 1. The molecule has 0 radical (unpaired) electrons. The van der Waals surface area contributed by atoms with Crippen LogP contribution in [0.4, 0.5) is 11.4 Å². The Balaban J connectivity index is 1.00. The molecule has 2 amide bonds. The number of aliphatic hydroxyl groups is 1. The molecule has 2 N–H and O–H groups in total. The fourth-order valence-electron chi connectivity index (χ4n) is 15.7. The number of Topliss-reactive ketones (excluding diaryl/α,β-unsaturated/α-hetero) is 1. The van der Waals surface area contributed by atoms with Gasteiger partial charge in [0, 0.05) is 92.6 Å². The average Bonchev–Trinajstić information content (AvgIpc) is 1.62. The third kappa shape index (κ3) is 20.2. The van der Waals surface area contributed by atoms with Gasteiger partial charge in [-0.25, -0.2) is 4.99 Å². The molecule has 14 nitrogen and oxygen atoms in total. The number of benzene rings is 5. The molecule has 0 spiro atoms. The van der Waals surface area contributed by atoms with E-state index in [-0.39, 0.29) is 128 Å². The van der Waals surface area contributed by atoms with Crippen LogP contribution in [0.15, 0.2) is 130 Å². The Bertz CT molecular complexity index is 4450. The number of allylic oxidation sites excluding steroid dienone is 6. The molecule has 5 aromatic carbocycles. The van der Waals surface area contributed by atoms with Gasteiger partial charge in [-0.15, -0.1) is 0 Å². The van der Waals surface area contributed by atoms with E-state index in [0.29, 0.717) is 71.2 Å². The number of aliphatic imine (C=N–C) groups is 1. The maximum absolute atomic E-state index is 15.6. The highest BCUT2D eigenvalue weighted by Crippen LogP contribution is 2.56. The van der Waals surface area contributed by atoms with E-state index in [1.165, 1.54) is 22.3 Å². The molecule has 2 unspecified atom stereocenters. The summed E-state index contributed by atoms with van der Waals surface area (Å²) in [4.78, 5) is 54.5. The number of likely N-dealkylation sites (tertiary alicyclic amines) is 1. The summed E-state index contributed by atoms with van der Waals surface area (Å²) in [6, 6.07) is 29.9. The summed E-state index contributed by atoms with van der Waals surface area (Å²) in [7, 11) is -4.01. The van der Waals surface area contributed by atoms with E-state index in [4.69, 9.17) is 32.1 Å². The van der Waals surface area contributed by atoms with Crippen molar-refractivity contribution in [2.24, 2.45) is 10.4 Å². The van der Waals surface area contributed by atoms with Gasteiger partial charge in [-0.2, -0.15) is 0 Å². The van der Waals surface area contributed by atoms with Crippen molar-refractivity contribution in [3.63, 3.8) is 0 Å². The van der Waals surface area contributed by atoms with Crippen LogP contribution >= 0.6 is 17.2 Å². The summed E-state index contributed by atoms with van der Waals surface area (Å²) >= 11 is 0. The molecular weight excluding hydrogens is 1460 g/mol. The fourth-order valence-corrected chi connectivity index (χ4v) is 17.8. The number of fused-ring (bicyclic) bond motifs is 2. The first kappa shape index (κ1) is 90.8. The molecule has 0 aromatic heterocycles. The Morgan fingerprint density at radius 2 is 0.851 bits per heavy atom. The van der Waals surface area contributed by atoms with Crippen molar-refractivity contribution in [2.75, 3.05) is 23.4 Å². The quantitative estimate of drug-likeness (QED) is 0.0343. The molecule has 5 aromatic rings. The van der Waals surface area contributed by atoms with Crippen molar-refractivity contribution in [1.82, 2.24) is 4.90 Å². The third-order valence-electron chi connectivity index (χ3n) is 23.5. The molecule has 2 aliphatic carbocycles. The maximum atomic E-state index is 15.6. The normalized spacial score (nSPS) is 18.6. The zero-order valence-electron chi connectivity index (χ0n) is 76.1. The largest absolute Gasteiger partial charge is 0.506 e. The van der Waals surface area contributed by atoms with Crippen LogP contribution in [0.25, 0.3) is 5.57 Å². The first-order chi connectivity index (χ1) is 52.2. The third-order valence-corrected chi connectivity index (χ3v) is 25.7. The van der Waals surface area contributed by atoms with Gasteiger partial charge in [-0.1, -0.05) is 242 Å². The van der Waals surface area contributed by atoms with Gasteiger partial charge in [0.2, 0.25) is 17.6 Å². The minimum absolute atomic E-state index is 0.0484. The first-order valence-corrected chi connectivity index (χ1v) is 44.0. The van der Waals surface area contributed by atoms with Crippen LogP contribution in [-0.2, 0) is 72.2 Å². The van der Waals surface area contributed by atoms with Gasteiger partial charge in [-0.05, 0) is 192 Å². The predicted octanol–water partition coefficient (Wildman–Crippen LogP) is 26.1. The lowest BCUT2D eigenvalue weighted by molar-refractivity contribution is -0.118. The van der Waals surface area contributed by atoms with Gasteiger partial charge in [0.15, 0.2) is 0 Å². The molecule has 2 atom stereocenters. The summed E-state index contributed by atoms with van der Waals surface area (Å²) in [6.45, 7) is 75.2. The number of nitrogens with zero attached hydrogens (tertiary/aromatic N) is 3. The highest BCUT2D eigenvalue weighted by molar-refractivity contribution is 7.42. The molecule has 9 rings (SSSR count). The van der Waals surface area contributed by atoms with Crippen molar-refractivity contribution >= 4 is 57.5 Å². The van der Waals surface area contributed by atoms with E-state index in [1.54, 1.807) is 0 Å². The van der Waals surface area contributed by atoms with Gasteiger partial charge < -0.3 is 38.3 Å². The first-order valence-electron chi connectivity index (χ1n) is 41.8. The fraction of sp³-hybridized carbons (Fsp3) is 0.571. The lowest BCUT2D eigenvalue weighted by atomic mass is 9.73. The monoisotopic (exact) mass is 1600 g/mol. The van der Waals surface area contributed by atoms with E-state index in [9.17, 15) is 14.7 Å². The number of ketones is 1. The highest BCUT2D eigenvalue weighted by atomic mass is 31.2. The minimum Gasteiger partial charge on any atom is -0.506 e. The van der Waals surface area contributed by atoms with Gasteiger partial charge in [0.25, 0.3) is 0 Å². The minimum atomic E-state index is -2.01. The Morgan fingerprint density at radius 3 is 1.20 bits per heavy atom. The van der Waals surface area contributed by atoms with Crippen LogP contribution in [0.5, 0.6) is 23.0 Å². The summed E-state index contributed by atoms with van der Waals surface area (Å²) < 4.78 is 41.0. The molecule has 622 valence electrons. The Kier molecular flexibility index (Phi) is 26.6. The van der Waals surface area contributed by atoms with Gasteiger partial charge >= 0.3 is 17.2 Å². The Hall–Kier alpha value is -7.08. The van der Waals surface area contributed by atoms with Crippen molar-refractivity contribution in [1.29, 1.82) is 0 Å².